The van der Waals surface area contributed by atoms with Crippen LogP contribution in [0.25, 0.3) is 16.6 Å². The number of fused-ring (bicyclic) bond motifs is 1. The van der Waals surface area contributed by atoms with Crippen LogP contribution in [0.1, 0.15) is 11.1 Å². The Morgan fingerprint density at radius 3 is 2.67 bits per heavy atom. The van der Waals surface area contributed by atoms with Crippen molar-refractivity contribution in [3.8, 4) is 0 Å². The van der Waals surface area contributed by atoms with E-state index in [0.717, 1.165) is 11.1 Å². The predicted molar refractivity (Wildman–Crippen MR) is 91.4 cm³/mol. The van der Waals surface area contributed by atoms with E-state index in [-0.39, 0.29) is 0 Å². The number of aromatic amines is 1. The molecule has 1 heterocycles. The van der Waals surface area contributed by atoms with Gasteiger partial charge in [-0.05, 0) is 23.3 Å². The lowest BCUT2D eigenvalue weighted by Crippen LogP contribution is -2.26. The summed E-state index contributed by atoms with van der Waals surface area (Å²) in [5, 5.41) is 1.72. The van der Waals surface area contributed by atoms with Crippen molar-refractivity contribution < 1.29 is 4.42 Å². The van der Waals surface area contributed by atoms with E-state index < -0.39 is 11.4 Å². The summed E-state index contributed by atoms with van der Waals surface area (Å²) >= 11 is 0. The van der Waals surface area contributed by atoms with Crippen LogP contribution in [-0.4, -0.2) is 9.99 Å². The third-order valence-electron chi connectivity index (χ3n) is 3.50. The number of hydrazine groups is 1. The lowest BCUT2D eigenvalue weighted by atomic mass is 10.1. The molecule has 24 heavy (non-hydrogen) atoms. The van der Waals surface area contributed by atoms with Gasteiger partial charge in [-0.2, -0.15) is 0 Å². The average molecular weight is 324 g/mol. The molecule has 3 rings (SSSR count). The fourth-order valence-electron chi connectivity index (χ4n) is 2.38. The van der Waals surface area contributed by atoms with Crippen molar-refractivity contribution in [2.24, 2.45) is 11.6 Å². The molecule has 2 aromatic carbocycles. The maximum Gasteiger partial charge on any atom is 0.419 e. The molecule has 0 fully saturated rings. The van der Waals surface area contributed by atoms with Gasteiger partial charge in [0.25, 0.3) is 0 Å². The van der Waals surface area contributed by atoms with Crippen LogP contribution in [-0.2, 0) is 6.54 Å². The van der Waals surface area contributed by atoms with Gasteiger partial charge < -0.3 is 15.2 Å². The van der Waals surface area contributed by atoms with Gasteiger partial charge in [-0.1, -0.05) is 36.4 Å². The summed E-state index contributed by atoms with van der Waals surface area (Å²) in [6.45, 7) is 0.335. The smallest absolute Gasteiger partial charge is 0.397 e. The zero-order valence-electron chi connectivity index (χ0n) is 12.7. The molecule has 3 aromatic rings. The number of rotatable bonds is 4. The lowest BCUT2D eigenvalue weighted by Gasteiger charge is -2.15. The molecule has 0 radical (unpaired) electrons. The summed E-state index contributed by atoms with van der Waals surface area (Å²) in [5.41, 5.74) is 7.93. The molecule has 7 nitrogen and oxygen atoms in total. The van der Waals surface area contributed by atoms with Crippen molar-refractivity contribution in [2.75, 3.05) is 0 Å². The third kappa shape index (κ3) is 3.36. The van der Waals surface area contributed by atoms with Crippen molar-refractivity contribution >= 4 is 16.6 Å². The number of nitrogens with two attached hydrogens (primary N) is 2. The fraction of sp³-hybridized carbons (Fsp3) is 0.0588. The molecule has 0 unspecified atom stereocenters. The Morgan fingerprint density at radius 1 is 1.17 bits per heavy atom. The first-order valence-electron chi connectivity index (χ1n) is 7.23. The summed E-state index contributed by atoms with van der Waals surface area (Å²) < 4.78 is 4.53. The van der Waals surface area contributed by atoms with E-state index >= 15 is 0 Å². The van der Waals surface area contributed by atoms with Crippen LogP contribution in [0.5, 0.6) is 0 Å². The van der Waals surface area contributed by atoms with E-state index in [9.17, 15) is 9.59 Å². The van der Waals surface area contributed by atoms with Crippen molar-refractivity contribution in [1.29, 1.82) is 0 Å². The van der Waals surface area contributed by atoms with E-state index in [1.165, 1.54) is 5.01 Å². The molecule has 0 spiro atoms. The molecule has 0 saturated carbocycles. The molecule has 0 aliphatic heterocycles. The molecule has 0 amide bonds. The maximum atomic E-state index is 11.7. The van der Waals surface area contributed by atoms with E-state index in [1.54, 1.807) is 24.4 Å². The number of benzene rings is 2. The van der Waals surface area contributed by atoms with E-state index in [0.29, 0.717) is 23.1 Å². The minimum atomic E-state index is -0.778. The Kier molecular flexibility index (Phi) is 4.17. The second-order valence-electron chi connectivity index (χ2n) is 5.30. The molecule has 0 bridgehead atoms. The number of nitrogens with one attached hydrogen (secondary N) is 1. The van der Waals surface area contributed by atoms with Crippen molar-refractivity contribution in [3.63, 3.8) is 0 Å². The van der Waals surface area contributed by atoms with Crippen LogP contribution in [0.4, 0.5) is 0 Å². The summed E-state index contributed by atoms with van der Waals surface area (Å²) in [6.07, 6.45) is 1.62. The Hall–Kier alpha value is -3.32. The molecule has 5 N–H and O–H groups in total. The molecule has 7 heteroatoms. The normalized spacial score (nSPS) is 11.6. The van der Waals surface area contributed by atoms with Gasteiger partial charge in [-0.25, -0.2) is 15.4 Å². The van der Waals surface area contributed by atoms with Gasteiger partial charge in [0.05, 0.1) is 23.1 Å². The summed E-state index contributed by atoms with van der Waals surface area (Å²) in [5.74, 6) is 5.19. The second-order valence-corrected chi connectivity index (χ2v) is 5.30. The zero-order valence-corrected chi connectivity index (χ0v) is 12.7. The van der Waals surface area contributed by atoms with Gasteiger partial charge in [0.15, 0.2) is 0 Å². The molecule has 0 aliphatic carbocycles. The molecule has 0 saturated heterocycles. The Morgan fingerprint density at radius 2 is 1.92 bits per heavy atom. The molecule has 1 aromatic heterocycles. The highest BCUT2D eigenvalue weighted by atomic mass is 16.4. The standard InChI is InChI=1S/C17H16N4O3/c18-14(12-4-2-1-3-5-12)10-21(19)9-11-6-7-15-13(8-11)16(22)24-17(23)20-15/h1-8,10H,9,18-19H2,(H,20,23)/b14-10-. The number of hydrogen-bond donors (Lipinski definition) is 3. The molecule has 122 valence electrons. The molecule has 0 atom stereocenters. The third-order valence-corrected chi connectivity index (χ3v) is 3.50. The highest BCUT2D eigenvalue weighted by Crippen LogP contribution is 2.12. The Balaban J connectivity index is 1.84. The summed E-state index contributed by atoms with van der Waals surface area (Å²) in [6, 6.07) is 14.5. The first-order chi connectivity index (χ1) is 11.5. The minimum Gasteiger partial charge on any atom is -0.397 e. The number of hydrogen-bond acceptors (Lipinski definition) is 6. The maximum absolute atomic E-state index is 11.7. The van der Waals surface area contributed by atoms with Crippen LogP contribution < -0.4 is 23.0 Å². The van der Waals surface area contributed by atoms with Crippen LogP contribution >= 0.6 is 0 Å². The van der Waals surface area contributed by atoms with E-state index in [2.05, 4.69) is 9.40 Å². The molecule has 0 aliphatic rings. The first kappa shape index (κ1) is 15.6. The van der Waals surface area contributed by atoms with Crippen LogP contribution in [0.2, 0.25) is 0 Å². The van der Waals surface area contributed by atoms with E-state index in [4.69, 9.17) is 11.6 Å². The SMILES string of the molecule is N/C(=C\N(N)Cc1ccc2[nH]c(=O)oc(=O)c2c1)c1ccccc1. The fourth-order valence-corrected chi connectivity index (χ4v) is 2.38. The number of H-pyrrole nitrogens is 1. The monoisotopic (exact) mass is 324 g/mol. The van der Waals surface area contributed by atoms with Crippen molar-refractivity contribution in [3.05, 3.63) is 86.8 Å². The lowest BCUT2D eigenvalue weighted by molar-refractivity contribution is 0.388. The van der Waals surface area contributed by atoms with Gasteiger partial charge in [0.1, 0.15) is 0 Å². The highest BCUT2D eigenvalue weighted by Gasteiger charge is 2.06. The van der Waals surface area contributed by atoms with Crippen LogP contribution in [0.3, 0.4) is 0 Å². The number of aromatic nitrogens is 1. The molecular weight excluding hydrogens is 308 g/mol. The van der Waals surface area contributed by atoms with Gasteiger partial charge in [0, 0.05) is 6.20 Å². The van der Waals surface area contributed by atoms with Gasteiger partial charge in [-0.3, -0.25) is 4.98 Å². The van der Waals surface area contributed by atoms with Crippen molar-refractivity contribution in [1.82, 2.24) is 9.99 Å². The average Bonchev–Trinajstić information content (AvgIpc) is 2.56. The zero-order chi connectivity index (χ0) is 17.1. The van der Waals surface area contributed by atoms with Crippen LogP contribution in [0.15, 0.2) is 68.7 Å². The van der Waals surface area contributed by atoms with Gasteiger partial charge in [0.2, 0.25) is 0 Å². The quantitative estimate of drug-likeness (QED) is 0.489. The molecular formula is C17H16N4O3. The topological polar surface area (TPSA) is 118 Å². The van der Waals surface area contributed by atoms with Crippen molar-refractivity contribution in [2.45, 2.75) is 6.54 Å². The minimum absolute atomic E-state index is 0.292. The largest absolute Gasteiger partial charge is 0.419 e. The summed E-state index contributed by atoms with van der Waals surface area (Å²) in [4.78, 5) is 25.4. The van der Waals surface area contributed by atoms with Crippen LogP contribution in [0, 0.1) is 0 Å². The first-order valence-corrected chi connectivity index (χ1v) is 7.23. The number of nitrogens with zero attached hydrogens (tertiary/aromatic N) is 1. The Bertz CT molecular complexity index is 1010. The highest BCUT2D eigenvalue weighted by molar-refractivity contribution is 5.77. The summed E-state index contributed by atoms with van der Waals surface area (Å²) in [7, 11) is 0. The van der Waals surface area contributed by atoms with Gasteiger partial charge >= 0.3 is 11.4 Å². The van der Waals surface area contributed by atoms with E-state index in [1.807, 2.05) is 30.3 Å². The predicted octanol–water partition coefficient (Wildman–Crippen LogP) is 1.11. The second kappa shape index (κ2) is 6.43. The Labute approximate surface area is 136 Å². The van der Waals surface area contributed by atoms with Gasteiger partial charge in [-0.15, -0.1) is 0 Å².